The van der Waals surface area contributed by atoms with Crippen LogP contribution in [0.15, 0.2) is 30.5 Å². The Labute approximate surface area is 172 Å². The van der Waals surface area contributed by atoms with Crippen LogP contribution in [0.4, 0.5) is 4.39 Å². The Morgan fingerprint density at radius 1 is 1.21 bits per heavy atom. The summed E-state index contributed by atoms with van der Waals surface area (Å²) in [7, 11) is 2.12. The van der Waals surface area contributed by atoms with Gasteiger partial charge in [0.25, 0.3) is 0 Å². The molecule has 0 radical (unpaired) electrons. The van der Waals surface area contributed by atoms with Gasteiger partial charge in [0.1, 0.15) is 11.6 Å². The Kier molecular flexibility index (Phi) is 5.38. The van der Waals surface area contributed by atoms with Gasteiger partial charge in [-0.05, 0) is 51.4 Å². The molecule has 29 heavy (non-hydrogen) atoms. The number of amides is 1. The van der Waals surface area contributed by atoms with E-state index in [9.17, 15) is 9.18 Å². The van der Waals surface area contributed by atoms with Gasteiger partial charge in [0, 0.05) is 56.0 Å². The van der Waals surface area contributed by atoms with E-state index in [4.69, 9.17) is 4.98 Å². The van der Waals surface area contributed by atoms with Crippen LogP contribution in [0.5, 0.6) is 0 Å². The molecule has 0 saturated carbocycles. The largest absolute Gasteiger partial charge is 0.341 e. The molecular formula is C23H29FN4O. The molecule has 1 aromatic heterocycles. The first-order valence-corrected chi connectivity index (χ1v) is 10.4. The Morgan fingerprint density at radius 3 is 2.72 bits per heavy atom. The molecule has 0 spiro atoms. The predicted molar refractivity (Wildman–Crippen MR) is 110 cm³/mol. The minimum absolute atomic E-state index is 0.0772. The monoisotopic (exact) mass is 396 g/mol. The smallest absolute Gasteiger partial charge is 0.232 e. The zero-order valence-corrected chi connectivity index (χ0v) is 17.5. The van der Waals surface area contributed by atoms with Crippen LogP contribution in [-0.4, -0.2) is 52.4 Å². The molecule has 6 heteroatoms. The summed E-state index contributed by atoms with van der Waals surface area (Å²) in [6.45, 7) is 7.13. The summed E-state index contributed by atoms with van der Waals surface area (Å²) in [5, 5.41) is 0. The number of fused-ring (bicyclic) bond motifs is 1. The number of likely N-dealkylation sites (N-methyl/N-ethyl adjacent to an activating group) is 1. The standard InChI is InChI=1S/C23H29FN4O/c1-23(2,18-6-8-19(24)9-7-18)22(29)28-11-4-5-16(15-28)21-25-13-17-14-27(3)12-10-20(17)26-21/h6-9,13,16H,4-5,10-12,14-15H2,1-3H3. The van der Waals surface area contributed by atoms with Crippen LogP contribution in [0.25, 0.3) is 0 Å². The zero-order chi connectivity index (χ0) is 20.6. The van der Waals surface area contributed by atoms with Crippen molar-refractivity contribution in [1.29, 1.82) is 0 Å². The summed E-state index contributed by atoms with van der Waals surface area (Å²) < 4.78 is 13.3. The van der Waals surface area contributed by atoms with Gasteiger partial charge in [0.2, 0.25) is 5.91 Å². The molecular weight excluding hydrogens is 367 g/mol. The second-order valence-corrected chi connectivity index (χ2v) is 8.91. The van der Waals surface area contributed by atoms with E-state index < -0.39 is 5.41 Å². The first kappa shape index (κ1) is 20.0. The van der Waals surface area contributed by atoms with Gasteiger partial charge in [-0.3, -0.25) is 4.79 Å². The number of aromatic nitrogens is 2. The lowest BCUT2D eigenvalue weighted by molar-refractivity contribution is -0.137. The fourth-order valence-corrected chi connectivity index (χ4v) is 4.43. The first-order chi connectivity index (χ1) is 13.8. The second-order valence-electron chi connectivity index (χ2n) is 8.91. The number of carbonyl (C=O) groups is 1. The minimum atomic E-state index is -0.698. The van der Waals surface area contributed by atoms with Gasteiger partial charge in [-0.2, -0.15) is 0 Å². The molecule has 2 aliphatic rings. The number of likely N-dealkylation sites (tertiary alicyclic amines) is 1. The maximum Gasteiger partial charge on any atom is 0.232 e. The average Bonchev–Trinajstić information content (AvgIpc) is 2.73. The third-order valence-corrected chi connectivity index (χ3v) is 6.32. The van der Waals surface area contributed by atoms with Crippen molar-refractivity contribution in [3.8, 4) is 0 Å². The highest BCUT2D eigenvalue weighted by atomic mass is 19.1. The van der Waals surface area contributed by atoms with E-state index in [0.29, 0.717) is 6.54 Å². The maximum atomic E-state index is 13.3. The molecule has 0 N–H and O–H groups in total. The van der Waals surface area contributed by atoms with Gasteiger partial charge in [-0.25, -0.2) is 14.4 Å². The van der Waals surface area contributed by atoms with Crippen molar-refractivity contribution in [2.75, 3.05) is 26.7 Å². The topological polar surface area (TPSA) is 49.3 Å². The molecule has 1 aromatic carbocycles. The highest BCUT2D eigenvalue weighted by Gasteiger charge is 2.36. The molecule has 154 valence electrons. The summed E-state index contributed by atoms with van der Waals surface area (Å²) in [6.07, 6.45) is 4.86. The Balaban J connectivity index is 1.51. The summed E-state index contributed by atoms with van der Waals surface area (Å²) >= 11 is 0. The number of piperidine rings is 1. The van der Waals surface area contributed by atoms with Gasteiger partial charge in [0.05, 0.1) is 5.41 Å². The number of nitrogens with zero attached hydrogens (tertiary/aromatic N) is 4. The summed E-state index contributed by atoms with van der Waals surface area (Å²) in [4.78, 5) is 27.1. The van der Waals surface area contributed by atoms with E-state index in [1.165, 1.54) is 17.7 Å². The van der Waals surface area contributed by atoms with E-state index in [2.05, 4.69) is 16.9 Å². The quantitative estimate of drug-likeness (QED) is 0.799. The number of halogens is 1. The molecule has 1 unspecified atom stereocenters. The van der Waals surface area contributed by atoms with Gasteiger partial charge < -0.3 is 9.80 Å². The lowest BCUT2D eigenvalue weighted by Crippen LogP contribution is -2.47. The third kappa shape index (κ3) is 4.04. The van der Waals surface area contributed by atoms with Crippen LogP contribution < -0.4 is 0 Å². The van der Waals surface area contributed by atoms with Crippen LogP contribution in [0.2, 0.25) is 0 Å². The summed E-state index contributed by atoms with van der Waals surface area (Å²) in [5.74, 6) is 0.825. The predicted octanol–water partition coefficient (Wildman–Crippen LogP) is 3.29. The molecule has 1 fully saturated rings. The first-order valence-electron chi connectivity index (χ1n) is 10.4. The summed E-state index contributed by atoms with van der Waals surface area (Å²) in [6, 6.07) is 6.25. The van der Waals surface area contributed by atoms with Crippen molar-refractivity contribution in [1.82, 2.24) is 19.8 Å². The fourth-order valence-electron chi connectivity index (χ4n) is 4.43. The number of hydrogen-bond donors (Lipinski definition) is 0. The van der Waals surface area contributed by atoms with E-state index in [-0.39, 0.29) is 17.6 Å². The summed E-state index contributed by atoms with van der Waals surface area (Å²) in [5.41, 5.74) is 2.50. The van der Waals surface area contributed by atoms with Crippen LogP contribution in [0, 0.1) is 5.82 Å². The maximum absolute atomic E-state index is 13.3. The molecule has 0 aliphatic carbocycles. The van der Waals surface area contributed by atoms with Crippen molar-refractivity contribution in [3.05, 3.63) is 58.9 Å². The second kappa shape index (κ2) is 7.82. The van der Waals surface area contributed by atoms with E-state index in [1.807, 2.05) is 24.9 Å². The Hall–Kier alpha value is -2.34. The lowest BCUT2D eigenvalue weighted by atomic mass is 9.82. The molecule has 1 saturated heterocycles. The van der Waals surface area contributed by atoms with E-state index in [0.717, 1.165) is 56.0 Å². The molecule has 3 heterocycles. The molecule has 0 bridgehead atoms. The SMILES string of the molecule is CN1CCc2nc(C3CCCN(C(=O)C(C)(C)c4ccc(F)cc4)C3)ncc2C1. The van der Waals surface area contributed by atoms with Crippen molar-refractivity contribution in [2.24, 2.45) is 0 Å². The van der Waals surface area contributed by atoms with Crippen molar-refractivity contribution >= 4 is 5.91 Å². The molecule has 4 rings (SSSR count). The van der Waals surface area contributed by atoms with Crippen LogP contribution in [0.1, 0.15) is 55.3 Å². The van der Waals surface area contributed by atoms with Crippen LogP contribution >= 0.6 is 0 Å². The fraction of sp³-hybridized carbons (Fsp3) is 0.522. The third-order valence-electron chi connectivity index (χ3n) is 6.32. The highest BCUT2D eigenvalue weighted by Crippen LogP contribution is 2.31. The van der Waals surface area contributed by atoms with Crippen molar-refractivity contribution < 1.29 is 9.18 Å². The number of benzene rings is 1. The molecule has 1 amide bonds. The molecule has 2 aliphatic heterocycles. The Morgan fingerprint density at radius 2 is 1.97 bits per heavy atom. The normalized spacial score (nSPS) is 20.4. The number of hydrogen-bond acceptors (Lipinski definition) is 4. The lowest BCUT2D eigenvalue weighted by Gasteiger charge is -2.37. The Bertz CT molecular complexity index is 896. The van der Waals surface area contributed by atoms with Gasteiger partial charge in [-0.15, -0.1) is 0 Å². The van der Waals surface area contributed by atoms with Crippen LogP contribution in [0.3, 0.4) is 0 Å². The highest BCUT2D eigenvalue weighted by molar-refractivity contribution is 5.87. The number of carbonyl (C=O) groups excluding carboxylic acids is 1. The molecule has 5 nitrogen and oxygen atoms in total. The average molecular weight is 397 g/mol. The minimum Gasteiger partial charge on any atom is -0.341 e. The zero-order valence-electron chi connectivity index (χ0n) is 17.5. The van der Waals surface area contributed by atoms with Gasteiger partial charge in [0.15, 0.2) is 0 Å². The van der Waals surface area contributed by atoms with E-state index >= 15 is 0 Å². The van der Waals surface area contributed by atoms with Crippen molar-refractivity contribution in [3.63, 3.8) is 0 Å². The van der Waals surface area contributed by atoms with Crippen molar-refractivity contribution in [2.45, 2.75) is 51.0 Å². The van der Waals surface area contributed by atoms with Gasteiger partial charge >= 0.3 is 0 Å². The van der Waals surface area contributed by atoms with Crippen LogP contribution in [-0.2, 0) is 23.2 Å². The molecule has 1 atom stereocenters. The van der Waals surface area contributed by atoms with Gasteiger partial charge in [-0.1, -0.05) is 12.1 Å². The number of rotatable bonds is 3. The van der Waals surface area contributed by atoms with E-state index in [1.54, 1.807) is 12.1 Å². The molecule has 2 aromatic rings.